The van der Waals surface area contributed by atoms with Crippen LogP contribution in [-0.4, -0.2) is 15.9 Å². The van der Waals surface area contributed by atoms with Gasteiger partial charge in [-0.1, -0.05) is 23.9 Å². The Hall–Kier alpha value is -3.12. The molecular formula is C21H17N3O2S. The number of aromatic nitrogens is 2. The Kier molecular flexibility index (Phi) is 4.89. The Bertz CT molecular complexity index is 1040. The van der Waals surface area contributed by atoms with E-state index >= 15 is 0 Å². The molecule has 1 N–H and O–H groups in total. The molecule has 0 bridgehead atoms. The SMILES string of the molecule is Cc1ccc(Sc2ccc(CNC(=O)c3cc4ccncc4o3)cc2)cn1. The molecule has 0 radical (unpaired) electrons. The predicted octanol–water partition coefficient (Wildman–Crippen LogP) is 4.61. The van der Waals surface area contributed by atoms with Crippen LogP contribution in [0.5, 0.6) is 0 Å². The van der Waals surface area contributed by atoms with Crippen LogP contribution in [0.15, 0.2) is 81.3 Å². The summed E-state index contributed by atoms with van der Waals surface area (Å²) in [6.45, 7) is 2.41. The summed E-state index contributed by atoms with van der Waals surface area (Å²) < 4.78 is 5.53. The van der Waals surface area contributed by atoms with Gasteiger partial charge in [-0.15, -0.1) is 0 Å². The largest absolute Gasteiger partial charge is 0.449 e. The van der Waals surface area contributed by atoms with Gasteiger partial charge in [0.25, 0.3) is 5.91 Å². The predicted molar refractivity (Wildman–Crippen MR) is 105 cm³/mol. The second-order valence-corrected chi connectivity index (χ2v) is 7.24. The zero-order valence-electron chi connectivity index (χ0n) is 14.7. The lowest BCUT2D eigenvalue weighted by atomic mass is 10.2. The van der Waals surface area contributed by atoms with Gasteiger partial charge in [0.2, 0.25) is 0 Å². The van der Waals surface area contributed by atoms with Gasteiger partial charge in [-0.2, -0.15) is 0 Å². The van der Waals surface area contributed by atoms with Gasteiger partial charge >= 0.3 is 0 Å². The third-order valence-corrected chi connectivity index (χ3v) is 5.03. The number of carbonyl (C=O) groups excluding carboxylic acids is 1. The van der Waals surface area contributed by atoms with Crippen molar-refractivity contribution < 1.29 is 9.21 Å². The van der Waals surface area contributed by atoms with Crippen molar-refractivity contribution >= 4 is 28.6 Å². The molecule has 0 spiro atoms. The van der Waals surface area contributed by atoms with Crippen LogP contribution in [0.25, 0.3) is 11.0 Å². The highest BCUT2D eigenvalue weighted by molar-refractivity contribution is 7.99. The highest BCUT2D eigenvalue weighted by atomic mass is 32.2. The number of pyridine rings is 2. The summed E-state index contributed by atoms with van der Waals surface area (Å²) in [6, 6.07) is 15.7. The van der Waals surface area contributed by atoms with E-state index in [0.29, 0.717) is 12.1 Å². The molecule has 6 heteroatoms. The highest BCUT2D eigenvalue weighted by Crippen LogP contribution is 2.27. The van der Waals surface area contributed by atoms with Gasteiger partial charge < -0.3 is 9.73 Å². The summed E-state index contributed by atoms with van der Waals surface area (Å²) in [7, 11) is 0. The maximum Gasteiger partial charge on any atom is 0.287 e. The van der Waals surface area contributed by atoms with Gasteiger partial charge in [0.1, 0.15) is 0 Å². The average molecular weight is 375 g/mol. The van der Waals surface area contributed by atoms with Gasteiger partial charge in [-0.3, -0.25) is 14.8 Å². The fourth-order valence-electron chi connectivity index (χ4n) is 2.59. The second-order valence-electron chi connectivity index (χ2n) is 6.09. The Morgan fingerprint density at radius 2 is 1.89 bits per heavy atom. The molecular weight excluding hydrogens is 358 g/mol. The van der Waals surface area contributed by atoms with E-state index < -0.39 is 0 Å². The Morgan fingerprint density at radius 1 is 1.07 bits per heavy atom. The summed E-state index contributed by atoms with van der Waals surface area (Å²) in [5, 5.41) is 3.74. The summed E-state index contributed by atoms with van der Waals surface area (Å²) in [6.07, 6.45) is 5.15. The van der Waals surface area contributed by atoms with Crippen molar-refractivity contribution in [2.75, 3.05) is 0 Å². The Balaban J connectivity index is 1.36. The first-order chi connectivity index (χ1) is 13.2. The summed E-state index contributed by atoms with van der Waals surface area (Å²) in [4.78, 5) is 22.8. The molecule has 0 saturated carbocycles. The summed E-state index contributed by atoms with van der Waals surface area (Å²) >= 11 is 1.66. The lowest BCUT2D eigenvalue weighted by molar-refractivity contribution is 0.0925. The first-order valence-electron chi connectivity index (χ1n) is 8.48. The van der Waals surface area contributed by atoms with Crippen LogP contribution in [0.1, 0.15) is 21.8 Å². The Labute approximate surface area is 160 Å². The maximum absolute atomic E-state index is 12.3. The smallest absolute Gasteiger partial charge is 0.287 e. The van der Waals surface area contributed by atoms with E-state index in [4.69, 9.17) is 4.42 Å². The number of amides is 1. The molecule has 0 aliphatic rings. The molecule has 3 aromatic heterocycles. The lowest BCUT2D eigenvalue weighted by Crippen LogP contribution is -2.22. The number of hydrogen-bond donors (Lipinski definition) is 1. The summed E-state index contributed by atoms with van der Waals surface area (Å²) in [5.41, 5.74) is 2.63. The van der Waals surface area contributed by atoms with Crippen molar-refractivity contribution in [3.63, 3.8) is 0 Å². The van der Waals surface area contributed by atoms with Gasteiger partial charge in [-0.05, 0) is 48.9 Å². The minimum atomic E-state index is -0.240. The van der Waals surface area contributed by atoms with Crippen molar-refractivity contribution in [1.82, 2.24) is 15.3 Å². The maximum atomic E-state index is 12.3. The fraction of sp³-hybridized carbons (Fsp3) is 0.0952. The van der Waals surface area contributed by atoms with Crippen LogP contribution >= 0.6 is 11.8 Å². The van der Waals surface area contributed by atoms with Crippen molar-refractivity contribution in [2.24, 2.45) is 0 Å². The van der Waals surface area contributed by atoms with Gasteiger partial charge in [0.15, 0.2) is 11.3 Å². The number of carbonyl (C=O) groups is 1. The van der Waals surface area contributed by atoms with E-state index in [0.717, 1.165) is 26.4 Å². The standard InChI is InChI=1S/C21H17N3O2S/c1-14-2-5-18(12-23-14)27-17-6-3-15(4-7-17)11-24-21(25)19-10-16-8-9-22-13-20(16)26-19/h2-10,12-13H,11H2,1H3,(H,24,25). The molecule has 0 saturated heterocycles. The molecule has 0 atom stereocenters. The third-order valence-electron chi connectivity index (χ3n) is 4.04. The minimum Gasteiger partial charge on any atom is -0.449 e. The van der Waals surface area contributed by atoms with Crippen LogP contribution in [0.4, 0.5) is 0 Å². The van der Waals surface area contributed by atoms with Crippen molar-refractivity contribution in [1.29, 1.82) is 0 Å². The fourth-order valence-corrected chi connectivity index (χ4v) is 3.38. The highest BCUT2D eigenvalue weighted by Gasteiger charge is 2.11. The van der Waals surface area contributed by atoms with Crippen molar-refractivity contribution in [3.8, 4) is 0 Å². The molecule has 1 amide bonds. The zero-order chi connectivity index (χ0) is 18.6. The molecule has 4 rings (SSSR count). The van der Waals surface area contributed by atoms with Crippen LogP contribution in [0, 0.1) is 6.92 Å². The number of furan rings is 1. The quantitative estimate of drug-likeness (QED) is 0.552. The number of rotatable bonds is 5. The molecule has 3 heterocycles. The molecule has 0 unspecified atom stereocenters. The van der Waals surface area contributed by atoms with Crippen LogP contribution in [0.2, 0.25) is 0 Å². The van der Waals surface area contributed by atoms with E-state index in [1.807, 2.05) is 49.5 Å². The molecule has 0 aliphatic carbocycles. The van der Waals surface area contributed by atoms with Crippen LogP contribution < -0.4 is 5.32 Å². The number of nitrogens with one attached hydrogen (secondary N) is 1. The number of benzene rings is 1. The lowest BCUT2D eigenvalue weighted by Gasteiger charge is -2.06. The number of hydrogen-bond acceptors (Lipinski definition) is 5. The molecule has 0 aliphatic heterocycles. The normalized spacial score (nSPS) is 10.9. The topological polar surface area (TPSA) is 68.0 Å². The molecule has 1 aromatic carbocycles. The van der Waals surface area contributed by atoms with Gasteiger partial charge in [0.05, 0.1) is 6.20 Å². The first kappa shape index (κ1) is 17.3. The average Bonchev–Trinajstić information content (AvgIpc) is 3.13. The molecule has 134 valence electrons. The molecule has 27 heavy (non-hydrogen) atoms. The zero-order valence-corrected chi connectivity index (χ0v) is 15.5. The van der Waals surface area contributed by atoms with Crippen LogP contribution in [0.3, 0.4) is 0 Å². The summed E-state index contributed by atoms with van der Waals surface area (Å²) in [5.74, 6) is 0.0485. The van der Waals surface area contributed by atoms with E-state index in [2.05, 4.69) is 21.4 Å². The first-order valence-corrected chi connectivity index (χ1v) is 9.30. The minimum absolute atomic E-state index is 0.240. The monoisotopic (exact) mass is 375 g/mol. The van der Waals surface area contributed by atoms with Gasteiger partial charge in [-0.25, -0.2) is 0 Å². The molecule has 4 aromatic rings. The number of nitrogens with zero attached hydrogens (tertiary/aromatic N) is 2. The van der Waals surface area contributed by atoms with Crippen molar-refractivity contribution in [3.05, 3.63) is 84.1 Å². The van der Waals surface area contributed by atoms with Gasteiger partial charge in [0, 0.05) is 39.8 Å². The second kappa shape index (κ2) is 7.63. The van der Waals surface area contributed by atoms with E-state index in [-0.39, 0.29) is 11.7 Å². The van der Waals surface area contributed by atoms with E-state index in [1.165, 1.54) is 0 Å². The molecule has 5 nitrogen and oxygen atoms in total. The molecule has 0 fully saturated rings. The third kappa shape index (κ3) is 4.17. The number of fused-ring (bicyclic) bond motifs is 1. The van der Waals surface area contributed by atoms with Crippen molar-refractivity contribution in [2.45, 2.75) is 23.3 Å². The van der Waals surface area contributed by atoms with E-state index in [9.17, 15) is 4.79 Å². The van der Waals surface area contributed by atoms with Crippen LogP contribution in [-0.2, 0) is 6.54 Å². The Morgan fingerprint density at radius 3 is 2.63 bits per heavy atom. The van der Waals surface area contributed by atoms with E-state index in [1.54, 1.807) is 30.2 Å². The number of aryl methyl sites for hydroxylation is 1.